The van der Waals surface area contributed by atoms with Crippen molar-refractivity contribution >= 4 is 11.8 Å². The molecule has 0 atom stereocenters. The highest BCUT2D eigenvalue weighted by atomic mass is 19.1. The molecule has 27 heavy (non-hydrogen) atoms. The Kier molecular flexibility index (Phi) is 4.53. The maximum atomic E-state index is 14.6. The molecule has 1 aromatic heterocycles. The molecule has 2 N–H and O–H groups in total. The third-order valence-corrected chi connectivity index (χ3v) is 4.35. The van der Waals surface area contributed by atoms with Crippen LogP contribution >= 0.6 is 0 Å². The minimum atomic E-state index is -1.37. The zero-order chi connectivity index (χ0) is 19.9. The second-order valence-corrected chi connectivity index (χ2v) is 6.09. The van der Waals surface area contributed by atoms with Crippen molar-refractivity contribution in [2.45, 2.75) is 6.92 Å². The number of aryl methyl sites for hydroxylation is 1. The lowest BCUT2D eigenvalue weighted by atomic mass is 9.93. The van der Waals surface area contributed by atoms with Gasteiger partial charge < -0.3 is 14.8 Å². The number of nitrogens with zero attached hydrogens (tertiary/aromatic N) is 1. The van der Waals surface area contributed by atoms with Crippen molar-refractivity contribution in [1.82, 2.24) is 4.57 Å². The van der Waals surface area contributed by atoms with Crippen molar-refractivity contribution in [2.24, 2.45) is 7.05 Å². The van der Waals surface area contributed by atoms with E-state index in [-0.39, 0.29) is 39.3 Å². The first-order valence-corrected chi connectivity index (χ1v) is 7.93. The van der Waals surface area contributed by atoms with Gasteiger partial charge in [0.15, 0.2) is 0 Å². The molecule has 0 saturated heterocycles. The van der Waals surface area contributed by atoms with Crippen molar-refractivity contribution in [1.29, 1.82) is 0 Å². The molecule has 0 fully saturated rings. The van der Waals surface area contributed by atoms with Crippen LogP contribution in [-0.4, -0.2) is 26.5 Å². The monoisotopic (exact) mass is 371 g/mol. The zero-order valence-electron chi connectivity index (χ0n) is 14.5. The molecule has 0 aliphatic heterocycles. The average molecular weight is 371 g/mol. The predicted octanol–water partition coefficient (Wildman–Crippen LogP) is 3.91. The van der Waals surface area contributed by atoms with Gasteiger partial charge in [0.1, 0.15) is 17.4 Å². The molecule has 0 aliphatic rings. The van der Waals surface area contributed by atoms with Crippen LogP contribution in [0.4, 0.5) is 8.78 Å². The van der Waals surface area contributed by atoms with Crippen LogP contribution < -0.4 is 0 Å². The lowest BCUT2D eigenvalue weighted by Crippen LogP contribution is -2.10. The molecule has 3 aromatic rings. The number of phenols is 1. The Morgan fingerprint density at radius 3 is 2.15 bits per heavy atom. The minimum absolute atomic E-state index is 0.0445. The molecule has 138 valence electrons. The Morgan fingerprint density at radius 2 is 1.56 bits per heavy atom. The third-order valence-electron chi connectivity index (χ3n) is 4.35. The molecule has 0 spiro atoms. The van der Waals surface area contributed by atoms with Crippen LogP contribution in [0.1, 0.15) is 32.0 Å². The number of hydrogen-bond donors (Lipinski definition) is 2. The highest BCUT2D eigenvalue weighted by Gasteiger charge is 2.29. The van der Waals surface area contributed by atoms with E-state index in [9.17, 15) is 28.6 Å². The van der Waals surface area contributed by atoms with E-state index in [0.29, 0.717) is 0 Å². The highest BCUT2D eigenvalue weighted by Crippen LogP contribution is 2.36. The Labute approximate surface area is 153 Å². The van der Waals surface area contributed by atoms with Gasteiger partial charge in [0.05, 0.1) is 11.3 Å². The van der Waals surface area contributed by atoms with Crippen LogP contribution in [0.2, 0.25) is 0 Å². The molecule has 3 rings (SSSR count). The van der Waals surface area contributed by atoms with Gasteiger partial charge in [0.2, 0.25) is 5.78 Å². The SMILES string of the molecule is Cc1c(F)ccc(F)c1-c1c(C(=O)O)cn(C)c1C(=O)c1ccc(O)cc1. The van der Waals surface area contributed by atoms with Gasteiger partial charge in [-0.25, -0.2) is 13.6 Å². The van der Waals surface area contributed by atoms with Crippen LogP contribution in [0, 0.1) is 18.6 Å². The molecule has 0 aliphatic carbocycles. The van der Waals surface area contributed by atoms with Gasteiger partial charge in [0.25, 0.3) is 0 Å². The van der Waals surface area contributed by atoms with Gasteiger partial charge in [-0.05, 0) is 48.9 Å². The number of hydrogen-bond acceptors (Lipinski definition) is 3. The normalized spacial score (nSPS) is 10.8. The number of carboxylic acids is 1. The second-order valence-electron chi connectivity index (χ2n) is 6.09. The van der Waals surface area contributed by atoms with E-state index in [1.165, 1.54) is 49.0 Å². The molecule has 5 nitrogen and oxygen atoms in total. The zero-order valence-corrected chi connectivity index (χ0v) is 14.5. The smallest absolute Gasteiger partial charge is 0.337 e. The van der Waals surface area contributed by atoms with Crippen LogP contribution in [-0.2, 0) is 7.05 Å². The number of halogens is 2. The highest BCUT2D eigenvalue weighted by molar-refractivity contribution is 6.15. The number of ketones is 1. The van der Waals surface area contributed by atoms with Crippen LogP contribution in [0.3, 0.4) is 0 Å². The number of benzene rings is 2. The molecular weight excluding hydrogens is 356 g/mol. The van der Waals surface area contributed by atoms with Gasteiger partial charge in [-0.2, -0.15) is 0 Å². The van der Waals surface area contributed by atoms with Gasteiger partial charge in [-0.15, -0.1) is 0 Å². The molecule has 1 heterocycles. The number of phenolic OH excluding ortho intramolecular Hbond substituents is 1. The van der Waals surface area contributed by atoms with Crippen molar-refractivity contribution < 1.29 is 28.6 Å². The molecule has 0 saturated carbocycles. The largest absolute Gasteiger partial charge is 0.508 e. The van der Waals surface area contributed by atoms with Gasteiger partial charge >= 0.3 is 5.97 Å². The third kappa shape index (κ3) is 3.08. The number of aromatic hydroxyl groups is 1. The molecule has 2 aromatic carbocycles. The fourth-order valence-corrected chi connectivity index (χ4v) is 3.03. The second kappa shape index (κ2) is 6.68. The number of rotatable bonds is 4. The molecule has 7 heteroatoms. The summed E-state index contributed by atoms with van der Waals surface area (Å²) in [5.41, 5.74) is -0.782. The van der Waals surface area contributed by atoms with E-state index in [4.69, 9.17) is 0 Å². The fourth-order valence-electron chi connectivity index (χ4n) is 3.03. The Balaban J connectivity index is 2.34. The van der Waals surface area contributed by atoms with Crippen LogP contribution in [0.25, 0.3) is 11.1 Å². The van der Waals surface area contributed by atoms with E-state index in [1.54, 1.807) is 0 Å². The first-order valence-electron chi connectivity index (χ1n) is 7.93. The summed E-state index contributed by atoms with van der Waals surface area (Å²) < 4.78 is 29.9. The maximum absolute atomic E-state index is 14.6. The summed E-state index contributed by atoms with van der Waals surface area (Å²) in [6.45, 7) is 1.32. The molecule has 0 bridgehead atoms. The first-order chi connectivity index (χ1) is 12.7. The molecule has 0 radical (unpaired) electrons. The first kappa shape index (κ1) is 18.3. The predicted molar refractivity (Wildman–Crippen MR) is 94.0 cm³/mol. The van der Waals surface area contributed by atoms with E-state index in [0.717, 1.165) is 12.1 Å². The van der Waals surface area contributed by atoms with E-state index in [1.807, 2.05) is 0 Å². The van der Waals surface area contributed by atoms with E-state index >= 15 is 0 Å². The maximum Gasteiger partial charge on any atom is 0.337 e. The molecule has 0 amide bonds. The Bertz CT molecular complexity index is 1070. The summed E-state index contributed by atoms with van der Waals surface area (Å²) >= 11 is 0. The summed E-state index contributed by atoms with van der Waals surface area (Å²) in [4.78, 5) is 24.7. The number of aromatic nitrogens is 1. The van der Waals surface area contributed by atoms with Crippen molar-refractivity contribution in [3.05, 3.63) is 76.6 Å². The summed E-state index contributed by atoms with van der Waals surface area (Å²) in [6.07, 6.45) is 1.19. The topological polar surface area (TPSA) is 79.5 Å². The number of aromatic carboxylic acids is 1. The van der Waals surface area contributed by atoms with Gasteiger partial charge in [0, 0.05) is 29.9 Å². The summed E-state index contributed by atoms with van der Waals surface area (Å²) in [5.74, 6) is -3.54. The van der Waals surface area contributed by atoms with Crippen molar-refractivity contribution in [2.75, 3.05) is 0 Å². The average Bonchev–Trinajstić information content (AvgIpc) is 2.96. The minimum Gasteiger partial charge on any atom is -0.508 e. The summed E-state index contributed by atoms with van der Waals surface area (Å²) in [7, 11) is 1.45. The summed E-state index contributed by atoms with van der Waals surface area (Å²) in [5, 5.41) is 18.9. The van der Waals surface area contributed by atoms with Crippen LogP contribution in [0.5, 0.6) is 5.75 Å². The van der Waals surface area contributed by atoms with Gasteiger partial charge in [-0.3, -0.25) is 4.79 Å². The van der Waals surface area contributed by atoms with Crippen molar-refractivity contribution in [3.8, 4) is 16.9 Å². The van der Waals surface area contributed by atoms with Crippen LogP contribution in [0.15, 0.2) is 42.6 Å². The standard InChI is InChI=1S/C20H15F2NO4/c1-10-14(21)7-8-15(22)16(10)17-13(20(26)27)9-23(2)18(17)19(25)11-3-5-12(24)6-4-11/h3-9,24H,1-2H3,(H,26,27). The quantitative estimate of drug-likeness (QED) is 0.682. The lowest BCUT2D eigenvalue weighted by Gasteiger charge is -2.12. The van der Waals surface area contributed by atoms with Gasteiger partial charge in [-0.1, -0.05) is 0 Å². The number of carbonyl (C=O) groups is 2. The fraction of sp³-hybridized carbons (Fsp3) is 0.100. The Morgan fingerprint density at radius 1 is 0.963 bits per heavy atom. The number of carbonyl (C=O) groups excluding carboxylic acids is 1. The van der Waals surface area contributed by atoms with Crippen molar-refractivity contribution in [3.63, 3.8) is 0 Å². The molecule has 0 unspecified atom stereocenters. The Hall–Kier alpha value is -3.48. The molecular formula is C20H15F2NO4. The number of carboxylic acid groups (broad SMARTS) is 1. The van der Waals surface area contributed by atoms with E-state index in [2.05, 4.69) is 0 Å². The van der Waals surface area contributed by atoms with E-state index < -0.39 is 23.4 Å². The summed E-state index contributed by atoms with van der Waals surface area (Å²) in [6, 6.07) is 7.18. The lowest BCUT2D eigenvalue weighted by molar-refractivity contribution is 0.0697.